The van der Waals surface area contributed by atoms with Gasteiger partial charge in [-0.05, 0) is 43.0 Å². The number of rotatable bonds is 6. The van der Waals surface area contributed by atoms with Crippen LogP contribution in [-0.4, -0.2) is 43.3 Å². The maximum atomic E-state index is 12.2. The van der Waals surface area contributed by atoms with Crippen LogP contribution in [0.15, 0.2) is 48.5 Å². The molecule has 0 heterocycles. The third-order valence-corrected chi connectivity index (χ3v) is 4.68. The maximum absolute atomic E-state index is 12.2. The predicted molar refractivity (Wildman–Crippen MR) is 112 cm³/mol. The number of fused-ring (bicyclic) bond motifs is 3. The monoisotopic (exact) mass is 410 g/mol. The van der Waals surface area contributed by atoms with Gasteiger partial charge in [0.2, 0.25) is 0 Å². The molecule has 0 unspecified atom stereocenters. The molecule has 0 radical (unpaired) electrons. The van der Waals surface area contributed by atoms with Crippen molar-refractivity contribution in [3.63, 3.8) is 0 Å². The van der Waals surface area contributed by atoms with Crippen LogP contribution in [0.5, 0.6) is 0 Å². The van der Waals surface area contributed by atoms with E-state index in [2.05, 4.69) is 22.8 Å². The van der Waals surface area contributed by atoms with Crippen LogP contribution >= 0.6 is 0 Å². The number of alkyl carbamates (subject to hydrolysis) is 2. The van der Waals surface area contributed by atoms with Crippen LogP contribution in [0.3, 0.4) is 0 Å². The molecule has 1 atom stereocenters. The predicted octanol–water partition coefficient (Wildman–Crippen LogP) is 3.62. The van der Waals surface area contributed by atoms with Gasteiger partial charge in [0.25, 0.3) is 0 Å². The molecule has 0 saturated heterocycles. The largest absolute Gasteiger partial charge is 0.449 e. The van der Waals surface area contributed by atoms with Gasteiger partial charge in [0.15, 0.2) is 0 Å². The molecule has 0 spiro atoms. The van der Waals surface area contributed by atoms with E-state index >= 15 is 0 Å². The Balaban J connectivity index is 1.55. The van der Waals surface area contributed by atoms with Gasteiger partial charge in [-0.3, -0.25) is 0 Å². The van der Waals surface area contributed by atoms with Gasteiger partial charge in [-0.25, -0.2) is 9.59 Å². The Morgan fingerprint density at radius 3 is 2.10 bits per heavy atom. The van der Waals surface area contributed by atoms with Crippen molar-refractivity contribution in [2.75, 3.05) is 13.2 Å². The lowest BCUT2D eigenvalue weighted by Crippen LogP contribution is -2.46. The molecule has 30 heavy (non-hydrogen) atoms. The molecule has 2 aromatic carbocycles. The molecule has 1 aliphatic rings. The first-order valence-corrected chi connectivity index (χ1v) is 9.82. The zero-order valence-electron chi connectivity index (χ0n) is 17.3. The number of aldehydes is 1. The number of nitrogens with one attached hydrogen (secondary N) is 2. The number of carbonyl (C=O) groups excluding carboxylic acids is 3. The fourth-order valence-electron chi connectivity index (χ4n) is 3.43. The lowest BCUT2D eigenvalue weighted by atomic mass is 9.98. The van der Waals surface area contributed by atoms with E-state index in [1.165, 1.54) is 0 Å². The highest BCUT2D eigenvalue weighted by molar-refractivity contribution is 5.79. The second kappa shape index (κ2) is 8.98. The van der Waals surface area contributed by atoms with Crippen LogP contribution in [0.1, 0.15) is 37.8 Å². The van der Waals surface area contributed by atoms with Crippen LogP contribution in [0.2, 0.25) is 0 Å². The summed E-state index contributed by atoms with van der Waals surface area (Å²) in [7, 11) is 0. The number of carbonyl (C=O) groups is 3. The van der Waals surface area contributed by atoms with Crippen LogP contribution < -0.4 is 10.6 Å². The highest BCUT2D eigenvalue weighted by atomic mass is 16.6. The van der Waals surface area contributed by atoms with Crippen LogP contribution in [-0.2, 0) is 14.3 Å². The lowest BCUT2D eigenvalue weighted by molar-refractivity contribution is -0.109. The molecule has 1 aliphatic carbocycles. The van der Waals surface area contributed by atoms with Gasteiger partial charge >= 0.3 is 12.2 Å². The van der Waals surface area contributed by atoms with E-state index in [4.69, 9.17) is 9.47 Å². The topological polar surface area (TPSA) is 93.7 Å². The minimum atomic E-state index is -0.923. The van der Waals surface area contributed by atoms with E-state index in [1.54, 1.807) is 20.8 Å². The van der Waals surface area contributed by atoms with Crippen LogP contribution in [0, 0.1) is 0 Å². The molecule has 158 valence electrons. The number of benzene rings is 2. The molecular formula is C23H26N2O5. The van der Waals surface area contributed by atoms with E-state index < -0.39 is 23.8 Å². The summed E-state index contributed by atoms with van der Waals surface area (Å²) in [6.45, 7) is 5.25. The molecule has 0 aromatic heterocycles. The summed E-state index contributed by atoms with van der Waals surface area (Å²) in [5.74, 6) is -0.0716. The Kier molecular flexibility index (Phi) is 6.40. The van der Waals surface area contributed by atoms with Gasteiger partial charge in [-0.1, -0.05) is 48.5 Å². The van der Waals surface area contributed by atoms with Gasteiger partial charge < -0.3 is 24.9 Å². The van der Waals surface area contributed by atoms with Gasteiger partial charge in [0.05, 0.1) is 0 Å². The summed E-state index contributed by atoms with van der Waals surface area (Å²) >= 11 is 0. The SMILES string of the molecule is CC(C)(C)OC(=O)NC[C@@H](C=O)NC(=O)OCC1c2ccccc2-c2ccccc21. The fraction of sp³-hybridized carbons (Fsp3) is 0.348. The van der Waals surface area contributed by atoms with E-state index in [9.17, 15) is 14.4 Å². The van der Waals surface area contributed by atoms with Crippen molar-refractivity contribution in [3.8, 4) is 11.1 Å². The van der Waals surface area contributed by atoms with Gasteiger partial charge in [-0.15, -0.1) is 0 Å². The molecule has 0 fully saturated rings. The Hall–Kier alpha value is -3.35. The molecule has 7 heteroatoms. The molecule has 0 aliphatic heterocycles. The van der Waals surface area contributed by atoms with Crippen LogP contribution in [0.25, 0.3) is 11.1 Å². The average molecular weight is 410 g/mol. The highest BCUT2D eigenvalue weighted by Gasteiger charge is 2.29. The third-order valence-electron chi connectivity index (χ3n) is 4.68. The third kappa shape index (κ3) is 5.17. The van der Waals surface area contributed by atoms with E-state index in [-0.39, 0.29) is 19.1 Å². The molecule has 0 saturated carbocycles. The second-order valence-corrected chi connectivity index (χ2v) is 8.10. The van der Waals surface area contributed by atoms with Crippen molar-refractivity contribution in [1.29, 1.82) is 0 Å². The Labute approximate surface area is 175 Å². The number of hydrogen-bond acceptors (Lipinski definition) is 5. The van der Waals surface area contributed by atoms with Gasteiger partial charge in [-0.2, -0.15) is 0 Å². The molecule has 3 rings (SSSR count). The second-order valence-electron chi connectivity index (χ2n) is 8.10. The average Bonchev–Trinajstić information content (AvgIpc) is 3.02. The van der Waals surface area contributed by atoms with E-state index in [1.807, 2.05) is 36.4 Å². The summed E-state index contributed by atoms with van der Waals surface area (Å²) < 4.78 is 10.5. The molecular weight excluding hydrogens is 384 g/mol. The summed E-state index contributed by atoms with van der Waals surface area (Å²) in [6.07, 6.45) is -0.845. The normalized spacial score (nSPS) is 13.6. The zero-order valence-corrected chi connectivity index (χ0v) is 17.3. The molecule has 0 bridgehead atoms. The first-order chi connectivity index (χ1) is 14.3. The van der Waals surface area contributed by atoms with E-state index in [0.717, 1.165) is 22.3 Å². The highest BCUT2D eigenvalue weighted by Crippen LogP contribution is 2.44. The van der Waals surface area contributed by atoms with Crippen molar-refractivity contribution in [1.82, 2.24) is 10.6 Å². The van der Waals surface area contributed by atoms with E-state index in [0.29, 0.717) is 6.29 Å². The standard InChI is InChI=1S/C23H26N2O5/c1-23(2,3)30-21(27)24-12-15(13-26)25-22(28)29-14-20-18-10-6-4-8-16(18)17-9-5-7-11-19(17)20/h4-11,13,15,20H,12,14H2,1-3H3,(H,24,27)(H,25,28)/t15-/m0/s1. The number of hydrogen-bond donors (Lipinski definition) is 2. The first-order valence-electron chi connectivity index (χ1n) is 9.82. The number of amides is 2. The lowest BCUT2D eigenvalue weighted by Gasteiger charge is -2.21. The zero-order chi connectivity index (χ0) is 21.7. The summed E-state index contributed by atoms with van der Waals surface area (Å²) in [5.41, 5.74) is 3.82. The summed E-state index contributed by atoms with van der Waals surface area (Å²) in [4.78, 5) is 35.2. The van der Waals surface area contributed by atoms with Crippen molar-refractivity contribution >= 4 is 18.5 Å². The Bertz CT molecular complexity index is 890. The Morgan fingerprint density at radius 1 is 1.00 bits per heavy atom. The van der Waals surface area contributed by atoms with Crippen LogP contribution in [0.4, 0.5) is 9.59 Å². The smallest absolute Gasteiger partial charge is 0.407 e. The van der Waals surface area contributed by atoms with Crippen molar-refractivity contribution in [2.45, 2.75) is 38.3 Å². The van der Waals surface area contributed by atoms with Crippen molar-refractivity contribution in [3.05, 3.63) is 59.7 Å². The number of ether oxygens (including phenoxy) is 2. The minimum absolute atomic E-state index is 0.0716. The van der Waals surface area contributed by atoms with Crippen molar-refractivity contribution < 1.29 is 23.9 Å². The summed E-state index contributed by atoms with van der Waals surface area (Å²) in [6, 6.07) is 15.1. The molecule has 2 amide bonds. The molecule has 2 aromatic rings. The Morgan fingerprint density at radius 2 is 1.57 bits per heavy atom. The molecule has 7 nitrogen and oxygen atoms in total. The minimum Gasteiger partial charge on any atom is -0.449 e. The van der Waals surface area contributed by atoms with Gasteiger partial charge in [0.1, 0.15) is 24.5 Å². The van der Waals surface area contributed by atoms with Crippen molar-refractivity contribution in [2.24, 2.45) is 0 Å². The first kappa shape index (κ1) is 21.4. The fourth-order valence-corrected chi connectivity index (χ4v) is 3.43. The summed E-state index contributed by atoms with van der Waals surface area (Å²) in [5, 5.41) is 4.91. The quantitative estimate of drug-likeness (QED) is 0.710. The maximum Gasteiger partial charge on any atom is 0.407 e. The molecule has 2 N–H and O–H groups in total. The van der Waals surface area contributed by atoms with Gasteiger partial charge in [0, 0.05) is 12.5 Å².